The van der Waals surface area contributed by atoms with E-state index in [0.29, 0.717) is 5.02 Å². The van der Waals surface area contributed by atoms with Crippen molar-refractivity contribution in [3.8, 4) is 5.75 Å². The first-order chi connectivity index (χ1) is 12.3. The summed E-state index contributed by atoms with van der Waals surface area (Å²) in [7, 11) is 0. The van der Waals surface area contributed by atoms with E-state index in [1.54, 1.807) is 0 Å². The number of nitro groups is 1. The average molecular weight is 398 g/mol. The quantitative estimate of drug-likeness (QED) is 0.594. The van der Waals surface area contributed by atoms with Crippen LogP contribution in [0, 0.1) is 10.1 Å². The zero-order chi connectivity index (χ0) is 19.3. The standard InChI is InChI=1S/C16H13Cl2N3O5/c1-9(26-14-5-3-2-4-13(14)21(24)25)15(22)19-20-16(23)11-7-6-10(17)8-12(11)18/h2-9H,1H3,(H,19,22)(H,20,23)/t9-/m1/s1. The Hall–Kier alpha value is -2.84. The van der Waals surface area contributed by atoms with E-state index in [4.69, 9.17) is 27.9 Å². The highest BCUT2D eigenvalue weighted by Crippen LogP contribution is 2.26. The van der Waals surface area contributed by atoms with Gasteiger partial charge < -0.3 is 4.74 Å². The summed E-state index contributed by atoms with van der Waals surface area (Å²) in [6.45, 7) is 1.38. The number of carbonyl (C=O) groups excluding carboxylic acids is 2. The molecule has 0 unspecified atom stereocenters. The van der Waals surface area contributed by atoms with Gasteiger partial charge in [0.2, 0.25) is 0 Å². The number of nitro benzene ring substituents is 1. The minimum atomic E-state index is -1.10. The number of amides is 2. The minimum Gasteiger partial charge on any atom is -0.474 e. The number of benzene rings is 2. The van der Waals surface area contributed by atoms with Crippen molar-refractivity contribution in [3.63, 3.8) is 0 Å². The second-order valence-electron chi connectivity index (χ2n) is 5.05. The molecule has 1 atom stereocenters. The maximum atomic E-state index is 12.0. The molecule has 2 amide bonds. The molecule has 2 aromatic carbocycles. The first-order valence-corrected chi connectivity index (χ1v) is 8.00. The summed E-state index contributed by atoms with van der Waals surface area (Å²) in [6, 6.07) is 9.91. The molecular weight excluding hydrogens is 385 g/mol. The van der Waals surface area contributed by atoms with Gasteiger partial charge in [0.1, 0.15) is 0 Å². The molecule has 2 aromatic rings. The van der Waals surface area contributed by atoms with Gasteiger partial charge in [-0.2, -0.15) is 0 Å². The molecule has 0 fully saturated rings. The molecule has 0 aliphatic heterocycles. The van der Waals surface area contributed by atoms with Crippen LogP contribution >= 0.6 is 23.2 Å². The second kappa shape index (κ2) is 8.50. The van der Waals surface area contributed by atoms with E-state index in [2.05, 4.69) is 10.9 Å². The van der Waals surface area contributed by atoms with Crippen LogP contribution < -0.4 is 15.6 Å². The van der Waals surface area contributed by atoms with Gasteiger partial charge in [0.05, 0.1) is 15.5 Å². The lowest BCUT2D eigenvalue weighted by Gasteiger charge is -2.15. The summed E-state index contributed by atoms with van der Waals surface area (Å²) in [5.41, 5.74) is 4.19. The van der Waals surface area contributed by atoms with E-state index >= 15 is 0 Å². The predicted molar refractivity (Wildman–Crippen MR) is 95.3 cm³/mol. The molecule has 8 nitrogen and oxygen atoms in total. The van der Waals surface area contributed by atoms with Crippen LogP contribution in [-0.4, -0.2) is 22.8 Å². The van der Waals surface area contributed by atoms with Gasteiger partial charge in [-0.15, -0.1) is 0 Å². The minimum absolute atomic E-state index is 0.0628. The number of halogens is 2. The summed E-state index contributed by atoms with van der Waals surface area (Å²) in [6.07, 6.45) is -1.10. The van der Waals surface area contributed by atoms with E-state index in [0.717, 1.165) is 0 Å². The number of nitrogens with one attached hydrogen (secondary N) is 2. The summed E-state index contributed by atoms with van der Waals surface area (Å²) >= 11 is 11.7. The number of nitrogens with zero attached hydrogens (tertiary/aromatic N) is 1. The van der Waals surface area contributed by atoms with Gasteiger partial charge in [0, 0.05) is 11.1 Å². The zero-order valence-electron chi connectivity index (χ0n) is 13.4. The van der Waals surface area contributed by atoms with E-state index in [9.17, 15) is 19.7 Å². The first kappa shape index (κ1) is 19.5. The van der Waals surface area contributed by atoms with Crippen molar-refractivity contribution in [1.82, 2.24) is 10.9 Å². The van der Waals surface area contributed by atoms with Crippen molar-refractivity contribution in [2.75, 3.05) is 0 Å². The summed E-state index contributed by atoms with van der Waals surface area (Å²) in [4.78, 5) is 34.4. The summed E-state index contributed by atoms with van der Waals surface area (Å²) < 4.78 is 5.30. The van der Waals surface area contributed by atoms with Gasteiger partial charge in [-0.1, -0.05) is 35.3 Å². The van der Waals surface area contributed by atoms with Crippen molar-refractivity contribution in [2.24, 2.45) is 0 Å². The molecule has 26 heavy (non-hydrogen) atoms. The molecular formula is C16H13Cl2N3O5. The number of carbonyl (C=O) groups is 2. The Morgan fingerprint density at radius 2 is 1.85 bits per heavy atom. The van der Waals surface area contributed by atoms with Gasteiger partial charge >= 0.3 is 5.69 Å². The molecule has 0 aromatic heterocycles. The SMILES string of the molecule is C[C@@H](Oc1ccccc1[N+](=O)[O-])C(=O)NNC(=O)c1ccc(Cl)cc1Cl. The van der Waals surface area contributed by atoms with Crippen LogP contribution in [0.2, 0.25) is 10.0 Å². The van der Waals surface area contributed by atoms with Gasteiger partial charge in [-0.05, 0) is 31.2 Å². The lowest BCUT2D eigenvalue weighted by Crippen LogP contribution is -2.47. The molecule has 0 saturated carbocycles. The molecule has 2 N–H and O–H groups in total. The molecule has 0 aliphatic rings. The number of hydrogen-bond acceptors (Lipinski definition) is 5. The van der Waals surface area contributed by atoms with E-state index in [1.807, 2.05) is 0 Å². The molecule has 0 bridgehead atoms. The number of hydrazine groups is 1. The molecule has 0 aliphatic carbocycles. The number of rotatable bonds is 5. The highest BCUT2D eigenvalue weighted by molar-refractivity contribution is 6.36. The Morgan fingerprint density at radius 3 is 2.50 bits per heavy atom. The Bertz CT molecular complexity index is 860. The first-order valence-electron chi connectivity index (χ1n) is 7.25. The van der Waals surface area contributed by atoms with Crippen LogP contribution in [0.25, 0.3) is 0 Å². The fourth-order valence-corrected chi connectivity index (χ4v) is 2.41. The highest BCUT2D eigenvalue weighted by Gasteiger charge is 2.21. The fraction of sp³-hybridized carbons (Fsp3) is 0.125. The monoisotopic (exact) mass is 397 g/mol. The smallest absolute Gasteiger partial charge is 0.310 e. The molecule has 136 valence electrons. The summed E-state index contributed by atoms with van der Waals surface area (Å²) in [5.74, 6) is -1.42. The van der Waals surface area contributed by atoms with Gasteiger partial charge in [-0.25, -0.2) is 0 Å². The van der Waals surface area contributed by atoms with Crippen LogP contribution in [-0.2, 0) is 4.79 Å². The Balaban J connectivity index is 1.97. The number of ether oxygens (including phenoxy) is 1. The predicted octanol–water partition coefficient (Wildman–Crippen LogP) is 3.13. The van der Waals surface area contributed by atoms with Crippen LogP contribution in [0.15, 0.2) is 42.5 Å². The van der Waals surface area contributed by atoms with E-state index in [1.165, 1.54) is 49.4 Å². The fourth-order valence-electron chi connectivity index (χ4n) is 1.91. The largest absolute Gasteiger partial charge is 0.474 e. The van der Waals surface area contributed by atoms with Crippen molar-refractivity contribution in [1.29, 1.82) is 0 Å². The molecule has 0 saturated heterocycles. The van der Waals surface area contributed by atoms with Crippen LogP contribution in [0.4, 0.5) is 5.69 Å². The highest BCUT2D eigenvalue weighted by atomic mass is 35.5. The third-order valence-corrected chi connectivity index (χ3v) is 3.76. The van der Waals surface area contributed by atoms with E-state index < -0.39 is 22.8 Å². The van der Waals surface area contributed by atoms with Gasteiger partial charge in [-0.3, -0.25) is 30.6 Å². The third kappa shape index (κ3) is 4.84. The van der Waals surface area contributed by atoms with Crippen molar-refractivity contribution >= 4 is 40.7 Å². The lowest BCUT2D eigenvalue weighted by molar-refractivity contribution is -0.386. The molecule has 2 rings (SSSR count). The molecule has 0 radical (unpaired) electrons. The van der Waals surface area contributed by atoms with Crippen molar-refractivity contribution < 1.29 is 19.2 Å². The normalized spacial score (nSPS) is 11.3. The number of para-hydroxylation sites is 2. The molecule has 10 heteroatoms. The Kier molecular flexibility index (Phi) is 6.37. The topological polar surface area (TPSA) is 111 Å². The Morgan fingerprint density at radius 1 is 1.15 bits per heavy atom. The molecule has 0 heterocycles. The van der Waals surface area contributed by atoms with Gasteiger partial charge in [0.25, 0.3) is 11.8 Å². The van der Waals surface area contributed by atoms with Crippen molar-refractivity contribution in [2.45, 2.75) is 13.0 Å². The average Bonchev–Trinajstić information content (AvgIpc) is 2.59. The maximum Gasteiger partial charge on any atom is 0.310 e. The Labute approximate surface area is 158 Å². The third-order valence-electron chi connectivity index (χ3n) is 3.21. The molecule has 0 spiro atoms. The van der Waals surface area contributed by atoms with Crippen LogP contribution in [0.5, 0.6) is 5.75 Å². The van der Waals surface area contributed by atoms with E-state index in [-0.39, 0.29) is 22.0 Å². The van der Waals surface area contributed by atoms with Crippen LogP contribution in [0.1, 0.15) is 17.3 Å². The van der Waals surface area contributed by atoms with Crippen molar-refractivity contribution in [3.05, 3.63) is 68.2 Å². The second-order valence-corrected chi connectivity index (χ2v) is 5.90. The van der Waals surface area contributed by atoms with Gasteiger partial charge in [0.15, 0.2) is 11.9 Å². The summed E-state index contributed by atoms with van der Waals surface area (Å²) in [5, 5.41) is 11.4. The lowest BCUT2D eigenvalue weighted by atomic mass is 10.2. The zero-order valence-corrected chi connectivity index (χ0v) is 14.9. The maximum absolute atomic E-state index is 12.0. The number of hydrogen-bond donors (Lipinski definition) is 2. The van der Waals surface area contributed by atoms with Crippen LogP contribution in [0.3, 0.4) is 0 Å².